The zero-order valence-corrected chi connectivity index (χ0v) is 15.8. The lowest BCUT2D eigenvalue weighted by Gasteiger charge is -2.42. The molecule has 1 aliphatic carbocycles. The maximum Gasteiger partial charge on any atom is 0.284 e. The number of rotatable bonds is 6. The SMILES string of the molecule is CC(C)(C)c1oc(C(N)=O)cc1CN1CCC[C@@](CO)(CC2CC2)C1. The van der Waals surface area contributed by atoms with Crippen molar-refractivity contribution in [2.24, 2.45) is 17.1 Å². The Morgan fingerprint density at radius 3 is 2.72 bits per heavy atom. The molecule has 0 spiro atoms. The Kier molecular flexibility index (Phi) is 5.00. The Morgan fingerprint density at radius 2 is 2.16 bits per heavy atom. The minimum atomic E-state index is -0.520. The Morgan fingerprint density at radius 1 is 1.44 bits per heavy atom. The van der Waals surface area contributed by atoms with E-state index in [1.165, 1.54) is 12.8 Å². The van der Waals surface area contributed by atoms with Gasteiger partial charge in [-0.2, -0.15) is 0 Å². The van der Waals surface area contributed by atoms with Gasteiger partial charge in [0.15, 0.2) is 5.76 Å². The number of carbonyl (C=O) groups excluding carboxylic acids is 1. The van der Waals surface area contributed by atoms with Crippen molar-refractivity contribution in [3.05, 3.63) is 23.2 Å². The van der Waals surface area contributed by atoms with Gasteiger partial charge in [-0.3, -0.25) is 9.69 Å². The summed E-state index contributed by atoms with van der Waals surface area (Å²) in [5.41, 5.74) is 6.32. The molecule has 1 saturated heterocycles. The van der Waals surface area contributed by atoms with E-state index < -0.39 is 5.91 Å². The van der Waals surface area contributed by atoms with Crippen LogP contribution in [0.15, 0.2) is 10.5 Å². The fraction of sp³-hybridized carbons (Fsp3) is 0.750. The Labute approximate surface area is 150 Å². The molecule has 2 aliphatic rings. The van der Waals surface area contributed by atoms with Gasteiger partial charge in [-0.25, -0.2) is 0 Å². The Balaban J connectivity index is 1.77. The number of aliphatic hydroxyl groups is 1. The number of hydrogen-bond acceptors (Lipinski definition) is 4. The van der Waals surface area contributed by atoms with Crippen LogP contribution in [0.3, 0.4) is 0 Å². The van der Waals surface area contributed by atoms with Gasteiger partial charge in [0, 0.05) is 36.1 Å². The lowest BCUT2D eigenvalue weighted by atomic mass is 9.76. The highest BCUT2D eigenvalue weighted by Gasteiger charge is 2.40. The maximum absolute atomic E-state index is 11.5. The topological polar surface area (TPSA) is 79.7 Å². The molecule has 0 bridgehead atoms. The molecule has 1 aliphatic heterocycles. The second kappa shape index (κ2) is 6.76. The second-order valence-electron chi connectivity index (χ2n) is 9.20. The zero-order valence-electron chi connectivity index (χ0n) is 15.8. The summed E-state index contributed by atoms with van der Waals surface area (Å²) in [5, 5.41) is 10.1. The lowest BCUT2D eigenvalue weighted by Crippen LogP contribution is -2.45. The van der Waals surface area contributed by atoms with Gasteiger partial charge < -0.3 is 15.3 Å². The number of primary amides is 1. The fourth-order valence-corrected chi connectivity index (χ4v) is 4.28. The summed E-state index contributed by atoms with van der Waals surface area (Å²) in [6.45, 7) is 9.21. The van der Waals surface area contributed by atoms with Crippen molar-refractivity contribution in [1.29, 1.82) is 0 Å². The average molecular weight is 348 g/mol. The highest BCUT2D eigenvalue weighted by molar-refractivity contribution is 5.90. The highest BCUT2D eigenvalue weighted by Crippen LogP contribution is 2.44. The van der Waals surface area contributed by atoms with Crippen LogP contribution in [-0.2, 0) is 12.0 Å². The molecule has 5 heteroatoms. The highest BCUT2D eigenvalue weighted by atomic mass is 16.4. The number of likely N-dealkylation sites (tertiary alicyclic amines) is 1. The third-order valence-electron chi connectivity index (χ3n) is 5.62. The first-order valence-corrected chi connectivity index (χ1v) is 9.49. The van der Waals surface area contributed by atoms with Crippen molar-refractivity contribution in [3.8, 4) is 0 Å². The van der Waals surface area contributed by atoms with E-state index in [0.717, 1.165) is 56.1 Å². The fourth-order valence-electron chi connectivity index (χ4n) is 4.28. The van der Waals surface area contributed by atoms with Crippen LogP contribution in [-0.4, -0.2) is 35.6 Å². The lowest BCUT2D eigenvalue weighted by molar-refractivity contribution is 0.0177. The quantitative estimate of drug-likeness (QED) is 0.828. The van der Waals surface area contributed by atoms with Crippen molar-refractivity contribution in [2.45, 2.75) is 64.8 Å². The summed E-state index contributed by atoms with van der Waals surface area (Å²) in [6.07, 6.45) is 6.00. The van der Waals surface area contributed by atoms with E-state index in [2.05, 4.69) is 25.7 Å². The predicted molar refractivity (Wildman–Crippen MR) is 97.3 cm³/mol. The van der Waals surface area contributed by atoms with Gasteiger partial charge >= 0.3 is 0 Å². The monoisotopic (exact) mass is 348 g/mol. The summed E-state index contributed by atoms with van der Waals surface area (Å²) in [6, 6.07) is 1.80. The molecule has 25 heavy (non-hydrogen) atoms. The molecule has 2 heterocycles. The van der Waals surface area contributed by atoms with Gasteiger partial charge in [-0.15, -0.1) is 0 Å². The van der Waals surface area contributed by atoms with Gasteiger partial charge in [0.2, 0.25) is 0 Å². The van der Waals surface area contributed by atoms with Crippen molar-refractivity contribution < 1.29 is 14.3 Å². The molecule has 2 fully saturated rings. The van der Waals surface area contributed by atoms with Crippen molar-refractivity contribution in [3.63, 3.8) is 0 Å². The second-order valence-corrected chi connectivity index (χ2v) is 9.20. The third kappa shape index (κ3) is 4.26. The molecule has 140 valence electrons. The van der Waals surface area contributed by atoms with Gasteiger partial charge in [-0.05, 0) is 37.8 Å². The zero-order chi connectivity index (χ0) is 18.2. The number of nitrogens with zero attached hydrogens (tertiary/aromatic N) is 1. The summed E-state index contributed by atoms with van der Waals surface area (Å²) >= 11 is 0. The van der Waals surface area contributed by atoms with Crippen LogP contribution >= 0.6 is 0 Å². The Hall–Kier alpha value is -1.33. The van der Waals surface area contributed by atoms with Crippen LogP contribution in [0, 0.1) is 11.3 Å². The van der Waals surface area contributed by atoms with Crippen LogP contribution in [0.4, 0.5) is 0 Å². The molecular weight excluding hydrogens is 316 g/mol. The summed E-state index contributed by atoms with van der Waals surface area (Å²) in [7, 11) is 0. The number of amides is 1. The van der Waals surface area contributed by atoms with Crippen LogP contribution in [0.5, 0.6) is 0 Å². The number of aliphatic hydroxyl groups excluding tert-OH is 1. The molecule has 5 nitrogen and oxygen atoms in total. The van der Waals surface area contributed by atoms with Crippen LogP contribution in [0.1, 0.15) is 74.8 Å². The minimum Gasteiger partial charge on any atom is -0.455 e. The molecule has 1 aromatic rings. The molecular formula is C20H32N2O3. The first-order valence-electron chi connectivity index (χ1n) is 9.49. The largest absolute Gasteiger partial charge is 0.455 e. The summed E-state index contributed by atoms with van der Waals surface area (Å²) in [4.78, 5) is 14.0. The van der Waals surface area contributed by atoms with E-state index in [1.807, 2.05) is 0 Å². The normalized spacial score (nSPS) is 25.3. The molecule has 0 aromatic carbocycles. The van der Waals surface area contributed by atoms with Crippen molar-refractivity contribution in [1.82, 2.24) is 4.90 Å². The number of piperidine rings is 1. The molecule has 1 atom stereocenters. The molecule has 1 saturated carbocycles. The minimum absolute atomic E-state index is 0.0393. The standard InChI is InChI=1S/C20H32N2O3/c1-19(2,3)17-15(9-16(25-17)18(21)24)11-22-8-4-7-20(12-22,13-23)10-14-5-6-14/h9,14,23H,4-8,10-13H2,1-3H3,(H2,21,24)/t20-/m1/s1. The summed E-state index contributed by atoms with van der Waals surface area (Å²) < 4.78 is 5.78. The third-order valence-corrected chi connectivity index (χ3v) is 5.62. The first kappa shape index (κ1) is 18.5. The molecule has 3 N–H and O–H groups in total. The number of nitrogens with two attached hydrogens (primary N) is 1. The molecule has 1 aromatic heterocycles. The maximum atomic E-state index is 11.5. The molecule has 0 radical (unpaired) electrons. The van der Waals surface area contributed by atoms with Gasteiger partial charge in [0.05, 0.1) is 0 Å². The van der Waals surface area contributed by atoms with E-state index in [9.17, 15) is 9.90 Å². The Bertz CT molecular complexity index is 627. The van der Waals surface area contributed by atoms with Crippen LogP contribution < -0.4 is 5.73 Å². The van der Waals surface area contributed by atoms with Crippen molar-refractivity contribution in [2.75, 3.05) is 19.7 Å². The smallest absolute Gasteiger partial charge is 0.284 e. The van der Waals surface area contributed by atoms with Gasteiger partial charge in [0.1, 0.15) is 5.76 Å². The molecule has 1 amide bonds. The first-order chi connectivity index (χ1) is 11.7. The average Bonchev–Trinajstić information content (AvgIpc) is 3.22. The van der Waals surface area contributed by atoms with Crippen LogP contribution in [0.2, 0.25) is 0 Å². The number of carbonyl (C=O) groups is 1. The van der Waals surface area contributed by atoms with E-state index in [4.69, 9.17) is 10.2 Å². The number of furan rings is 1. The number of hydrogen-bond donors (Lipinski definition) is 2. The van der Waals surface area contributed by atoms with E-state index in [0.29, 0.717) is 0 Å². The van der Waals surface area contributed by atoms with Gasteiger partial charge in [-0.1, -0.05) is 33.6 Å². The molecule has 0 unspecified atom stereocenters. The van der Waals surface area contributed by atoms with Crippen LogP contribution in [0.25, 0.3) is 0 Å². The molecule has 3 rings (SSSR count). The van der Waals surface area contributed by atoms with E-state index >= 15 is 0 Å². The van der Waals surface area contributed by atoms with E-state index in [-0.39, 0.29) is 23.2 Å². The predicted octanol–water partition coefficient (Wildman–Crippen LogP) is 3.05. The van der Waals surface area contributed by atoms with Crippen molar-refractivity contribution >= 4 is 5.91 Å². The van der Waals surface area contributed by atoms with Gasteiger partial charge in [0.25, 0.3) is 5.91 Å². The summed E-state index contributed by atoms with van der Waals surface area (Å²) in [5.74, 6) is 1.37. The van der Waals surface area contributed by atoms with E-state index in [1.54, 1.807) is 6.07 Å².